The van der Waals surface area contributed by atoms with Crippen LogP contribution in [-0.2, 0) is 20.9 Å². The number of amides is 1. The third-order valence-corrected chi connectivity index (χ3v) is 3.58. The van der Waals surface area contributed by atoms with Gasteiger partial charge in [-0.25, -0.2) is 4.79 Å². The van der Waals surface area contributed by atoms with Crippen LogP contribution in [0.2, 0.25) is 10.0 Å². The van der Waals surface area contributed by atoms with Gasteiger partial charge in [0.05, 0.1) is 6.26 Å². The maximum Gasteiger partial charge on any atom is 0.349 e. The predicted octanol–water partition coefficient (Wildman–Crippen LogP) is 3.35. The molecule has 1 amide bonds. The molecule has 8 heteroatoms. The third kappa shape index (κ3) is 5.68. The Morgan fingerprint density at radius 2 is 2.12 bits per heavy atom. The fourth-order valence-electron chi connectivity index (χ4n) is 1.77. The summed E-state index contributed by atoms with van der Waals surface area (Å²) in [5.41, 5.74) is 0.393. The van der Waals surface area contributed by atoms with Gasteiger partial charge in [0.1, 0.15) is 17.4 Å². The van der Waals surface area contributed by atoms with Crippen molar-refractivity contribution < 1.29 is 18.7 Å². The average molecular weight is 379 g/mol. The average Bonchev–Trinajstić information content (AvgIpc) is 3.10. The highest BCUT2D eigenvalue weighted by Gasteiger charge is 2.14. The number of rotatable bonds is 6. The topological polar surface area (TPSA) is 92.3 Å². The van der Waals surface area contributed by atoms with Gasteiger partial charge in [-0.1, -0.05) is 29.3 Å². The first-order valence-corrected chi connectivity index (χ1v) is 7.78. The summed E-state index contributed by atoms with van der Waals surface area (Å²) in [6.07, 6.45) is 2.63. The van der Waals surface area contributed by atoms with Crippen molar-refractivity contribution in [3.05, 3.63) is 63.5 Å². The number of hydrogen-bond acceptors (Lipinski definition) is 5. The Bertz CT molecular complexity index is 839. The SMILES string of the molecule is N#C/C(=C\c1ccco1)C(=O)OCC(=O)NCc1ccc(Cl)cc1Cl. The van der Waals surface area contributed by atoms with Gasteiger partial charge in [-0.3, -0.25) is 4.79 Å². The lowest BCUT2D eigenvalue weighted by Gasteiger charge is -2.08. The second-order valence-corrected chi connectivity index (χ2v) is 5.62. The Labute approximate surface area is 153 Å². The summed E-state index contributed by atoms with van der Waals surface area (Å²) in [7, 11) is 0. The molecule has 1 aromatic heterocycles. The van der Waals surface area contributed by atoms with Gasteiger partial charge in [0.15, 0.2) is 6.61 Å². The standard InChI is InChI=1S/C17H12Cl2N2O4/c18-13-4-3-11(15(19)7-13)9-21-16(22)10-25-17(23)12(8-20)6-14-2-1-5-24-14/h1-7H,9-10H2,(H,21,22)/b12-6+. The van der Waals surface area contributed by atoms with Gasteiger partial charge in [-0.15, -0.1) is 0 Å². The number of benzene rings is 1. The second kappa shape index (κ2) is 8.92. The van der Waals surface area contributed by atoms with Gasteiger partial charge in [0.25, 0.3) is 5.91 Å². The van der Waals surface area contributed by atoms with Crippen molar-refractivity contribution in [1.29, 1.82) is 5.26 Å². The lowest BCUT2D eigenvalue weighted by atomic mass is 10.2. The van der Waals surface area contributed by atoms with Crippen molar-refractivity contribution in [2.45, 2.75) is 6.54 Å². The number of carbonyl (C=O) groups is 2. The molecule has 2 aromatic rings. The number of furan rings is 1. The molecular formula is C17H12Cl2N2O4. The van der Waals surface area contributed by atoms with Crippen molar-refractivity contribution in [2.75, 3.05) is 6.61 Å². The van der Waals surface area contributed by atoms with Gasteiger partial charge in [-0.05, 0) is 29.8 Å². The largest absolute Gasteiger partial charge is 0.465 e. The summed E-state index contributed by atoms with van der Waals surface area (Å²) in [5.74, 6) is -1.12. The minimum absolute atomic E-state index is 0.153. The zero-order valence-corrected chi connectivity index (χ0v) is 14.3. The lowest BCUT2D eigenvalue weighted by molar-refractivity contribution is -0.144. The first-order chi connectivity index (χ1) is 12.0. The second-order valence-electron chi connectivity index (χ2n) is 4.77. The number of halogens is 2. The van der Waals surface area contributed by atoms with Crippen LogP contribution in [0.25, 0.3) is 6.08 Å². The molecule has 0 atom stereocenters. The first-order valence-electron chi connectivity index (χ1n) is 7.02. The molecule has 2 rings (SSSR count). The minimum atomic E-state index is -0.918. The molecule has 128 valence electrons. The van der Waals surface area contributed by atoms with Gasteiger partial charge in [0, 0.05) is 22.7 Å². The Morgan fingerprint density at radius 1 is 1.32 bits per heavy atom. The predicted molar refractivity (Wildman–Crippen MR) is 91.6 cm³/mol. The smallest absolute Gasteiger partial charge is 0.349 e. The van der Waals surface area contributed by atoms with Crippen LogP contribution >= 0.6 is 23.2 Å². The molecule has 0 saturated carbocycles. The van der Waals surface area contributed by atoms with E-state index in [1.807, 2.05) is 0 Å². The van der Waals surface area contributed by atoms with Crippen LogP contribution in [0.3, 0.4) is 0 Å². The molecule has 0 bridgehead atoms. The fourth-order valence-corrected chi connectivity index (χ4v) is 2.25. The summed E-state index contributed by atoms with van der Waals surface area (Å²) in [4.78, 5) is 23.5. The molecule has 0 saturated heterocycles. The van der Waals surface area contributed by atoms with Crippen LogP contribution in [0.4, 0.5) is 0 Å². The van der Waals surface area contributed by atoms with E-state index < -0.39 is 18.5 Å². The summed E-state index contributed by atoms with van der Waals surface area (Å²) in [6.45, 7) is -0.374. The van der Waals surface area contributed by atoms with E-state index in [1.165, 1.54) is 12.3 Å². The molecule has 1 aromatic carbocycles. The molecule has 6 nitrogen and oxygen atoms in total. The summed E-state index contributed by atoms with van der Waals surface area (Å²) < 4.78 is 9.82. The van der Waals surface area contributed by atoms with Crippen LogP contribution in [0, 0.1) is 11.3 Å². The Hall–Kier alpha value is -2.75. The zero-order chi connectivity index (χ0) is 18.2. The number of nitriles is 1. The molecule has 0 aliphatic heterocycles. The van der Waals surface area contributed by atoms with Crippen molar-refractivity contribution >= 4 is 41.2 Å². The third-order valence-electron chi connectivity index (χ3n) is 3.00. The Kier molecular flexibility index (Phi) is 6.63. The normalized spacial score (nSPS) is 10.8. The Morgan fingerprint density at radius 3 is 2.76 bits per heavy atom. The van der Waals surface area contributed by atoms with Crippen molar-refractivity contribution in [3.63, 3.8) is 0 Å². The highest BCUT2D eigenvalue weighted by atomic mass is 35.5. The van der Waals surface area contributed by atoms with E-state index in [-0.39, 0.29) is 12.1 Å². The van der Waals surface area contributed by atoms with E-state index in [0.29, 0.717) is 21.4 Å². The van der Waals surface area contributed by atoms with Gasteiger partial charge >= 0.3 is 5.97 Å². The van der Waals surface area contributed by atoms with E-state index in [4.69, 9.17) is 37.6 Å². The van der Waals surface area contributed by atoms with Crippen LogP contribution in [0.15, 0.2) is 46.6 Å². The maximum absolute atomic E-state index is 11.8. The minimum Gasteiger partial charge on any atom is -0.465 e. The number of hydrogen-bond donors (Lipinski definition) is 1. The molecule has 0 aliphatic carbocycles. The molecule has 1 N–H and O–H groups in total. The van der Waals surface area contributed by atoms with Crippen LogP contribution < -0.4 is 5.32 Å². The summed E-state index contributed by atoms with van der Waals surface area (Å²) in [5, 5.41) is 12.4. The van der Waals surface area contributed by atoms with E-state index in [9.17, 15) is 9.59 Å². The van der Waals surface area contributed by atoms with Crippen molar-refractivity contribution in [1.82, 2.24) is 5.32 Å². The lowest BCUT2D eigenvalue weighted by Crippen LogP contribution is -2.28. The quantitative estimate of drug-likeness (QED) is 0.472. The van der Waals surface area contributed by atoms with E-state index >= 15 is 0 Å². The number of nitrogens with zero attached hydrogens (tertiary/aromatic N) is 1. The number of ether oxygens (including phenoxy) is 1. The number of esters is 1. The molecule has 0 aliphatic rings. The highest BCUT2D eigenvalue weighted by Crippen LogP contribution is 2.20. The molecule has 0 spiro atoms. The van der Waals surface area contributed by atoms with Crippen LogP contribution in [0.5, 0.6) is 0 Å². The van der Waals surface area contributed by atoms with Crippen molar-refractivity contribution in [2.24, 2.45) is 0 Å². The number of nitrogens with one attached hydrogen (secondary N) is 1. The molecule has 0 radical (unpaired) electrons. The van der Waals surface area contributed by atoms with E-state index in [2.05, 4.69) is 5.32 Å². The maximum atomic E-state index is 11.8. The highest BCUT2D eigenvalue weighted by molar-refractivity contribution is 6.35. The van der Waals surface area contributed by atoms with Crippen LogP contribution in [-0.4, -0.2) is 18.5 Å². The first kappa shape index (κ1) is 18.6. The fraction of sp³-hybridized carbons (Fsp3) is 0.118. The zero-order valence-electron chi connectivity index (χ0n) is 12.8. The summed E-state index contributed by atoms with van der Waals surface area (Å²) >= 11 is 11.8. The molecule has 0 fully saturated rings. The summed E-state index contributed by atoms with van der Waals surface area (Å²) in [6, 6.07) is 9.77. The van der Waals surface area contributed by atoms with Gasteiger partial charge in [-0.2, -0.15) is 5.26 Å². The molecule has 25 heavy (non-hydrogen) atoms. The Balaban J connectivity index is 1.84. The van der Waals surface area contributed by atoms with Crippen molar-refractivity contribution in [3.8, 4) is 6.07 Å². The monoisotopic (exact) mass is 378 g/mol. The molecule has 1 heterocycles. The van der Waals surface area contributed by atoms with Gasteiger partial charge in [0.2, 0.25) is 0 Å². The van der Waals surface area contributed by atoms with E-state index in [0.717, 1.165) is 0 Å². The van der Waals surface area contributed by atoms with E-state index in [1.54, 1.807) is 36.4 Å². The molecular weight excluding hydrogens is 367 g/mol. The molecule has 0 unspecified atom stereocenters. The van der Waals surface area contributed by atoms with Gasteiger partial charge < -0.3 is 14.5 Å². The number of carbonyl (C=O) groups excluding carboxylic acids is 2. The van der Waals surface area contributed by atoms with Crippen LogP contribution in [0.1, 0.15) is 11.3 Å².